The Balaban J connectivity index is 1.55. The summed E-state index contributed by atoms with van der Waals surface area (Å²) in [5.74, 6) is 2.79. The van der Waals surface area contributed by atoms with Gasteiger partial charge in [0, 0.05) is 43.9 Å². The van der Waals surface area contributed by atoms with Crippen LogP contribution in [0.1, 0.15) is 37.2 Å². The van der Waals surface area contributed by atoms with Crippen molar-refractivity contribution < 1.29 is 4.52 Å². The van der Waals surface area contributed by atoms with Gasteiger partial charge in [0.25, 0.3) is 0 Å². The van der Waals surface area contributed by atoms with Gasteiger partial charge >= 0.3 is 0 Å². The molecule has 22 heavy (non-hydrogen) atoms. The van der Waals surface area contributed by atoms with E-state index in [1.54, 1.807) is 6.33 Å². The highest BCUT2D eigenvalue weighted by molar-refractivity contribution is 5.39. The van der Waals surface area contributed by atoms with Gasteiger partial charge in [-0.3, -0.25) is 4.90 Å². The summed E-state index contributed by atoms with van der Waals surface area (Å²) in [6.07, 6.45) is 1.63. The molecule has 0 atom stereocenters. The highest BCUT2D eigenvalue weighted by Gasteiger charge is 2.20. The summed E-state index contributed by atoms with van der Waals surface area (Å²) in [7, 11) is 0. The minimum Gasteiger partial charge on any atom is -0.354 e. The van der Waals surface area contributed by atoms with E-state index < -0.39 is 0 Å². The van der Waals surface area contributed by atoms with Gasteiger partial charge < -0.3 is 9.42 Å². The molecular weight excluding hydrogens is 280 g/mol. The summed E-state index contributed by atoms with van der Waals surface area (Å²) < 4.78 is 5.32. The van der Waals surface area contributed by atoms with E-state index in [1.165, 1.54) is 0 Å². The Labute approximate surface area is 130 Å². The van der Waals surface area contributed by atoms with E-state index in [2.05, 4.69) is 43.8 Å². The van der Waals surface area contributed by atoms with Crippen LogP contribution in [-0.4, -0.2) is 51.2 Å². The molecule has 0 unspecified atom stereocenters. The number of aromatic nitrogens is 4. The van der Waals surface area contributed by atoms with Crippen LogP contribution in [0.5, 0.6) is 0 Å². The molecule has 0 aromatic carbocycles. The first kappa shape index (κ1) is 14.9. The third kappa shape index (κ3) is 3.41. The predicted octanol–water partition coefficient (Wildman–Crippen LogP) is 1.61. The van der Waals surface area contributed by atoms with E-state index in [0.717, 1.165) is 50.1 Å². The summed E-state index contributed by atoms with van der Waals surface area (Å²) in [6.45, 7) is 10.7. The number of nitrogens with zero attached hydrogens (tertiary/aromatic N) is 6. The summed E-state index contributed by atoms with van der Waals surface area (Å²) in [5, 5.41) is 4.01. The summed E-state index contributed by atoms with van der Waals surface area (Å²) in [5.41, 5.74) is 1.000. The third-order valence-electron chi connectivity index (χ3n) is 3.84. The van der Waals surface area contributed by atoms with Crippen LogP contribution in [0.2, 0.25) is 0 Å². The standard InChI is InChI=1S/C15H22N6O/c1-11(2)15-18-14(22-19-15)9-20-4-6-21(7-5-20)13-8-12(3)16-10-17-13/h8,10-11H,4-7,9H2,1-3H3. The lowest BCUT2D eigenvalue weighted by Crippen LogP contribution is -2.46. The molecule has 0 saturated carbocycles. The fourth-order valence-corrected chi connectivity index (χ4v) is 2.51. The molecule has 0 aliphatic carbocycles. The average molecular weight is 302 g/mol. The molecule has 118 valence electrons. The van der Waals surface area contributed by atoms with Crippen LogP contribution < -0.4 is 4.90 Å². The van der Waals surface area contributed by atoms with Crippen LogP contribution in [-0.2, 0) is 6.54 Å². The van der Waals surface area contributed by atoms with Gasteiger partial charge in [0.1, 0.15) is 12.1 Å². The smallest absolute Gasteiger partial charge is 0.240 e. The van der Waals surface area contributed by atoms with Crippen molar-refractivity contribution in [3.8, 4) is 0 Å². The lowest BCUT2D eigenvalue weighted by molar-refractivity contribution is 0.215. The van der Waals surface area contributed by atoms with Crippen molar-refractivity contribution in [2.45, 2.75) is 33.2 Å². The van der Waals surface area contributed by atoms with Crippen molar-refractivity contribution in [1.82, 2.24) is 25.0 Å². The lowest BCUT2D eigenvalue weighted by Gasteiger charge is -2.34. The molecule has 3 rings (SSSR count). The van der Waals surface area contributed by atoms with Crippen LogP contribution in [0, 0.1) is 6.92 Å². The molecule has 0 spiro atoms. The molecule has 3 heterocycles. The van der Waals surface area contributed by atoms with Crippen LogP contribution in [0.15, 0.2) is 16.9 Å². The monoisotopic (exact) mass is 302 g/mol. The van der Waals surface area contributed by atoms with E-state index in [1.807, 2.05) is 13.0 Å². The molecule has 0 bridgehead atoms. The number of rotatable bonds is 4. The van der Waals surface area contributed by atoms with E-state index in [4.69, 9.17) is 4.52 Å². The molecule has 7 heteroatoms. The highest BCUT2D eigenvalue weighted by Crippen LogP contribution is 2.15. The summed E-state index contributed by atoms with van der Waals surface area (Å²) in [4.78, 5) is 17.6. The molecule has 1 fully saturated rings. The van der Waals surface area contributed by atoms with Crippen LogP contribution in [0.4, 0.5) is 5.82 Å². The van der Waals surface area contributed by atoms with Gasteiger partial charge in [-0.15, -0.1) is 0 Å². The fraction of sp³-hybridized carbons (Fsp3) is 0.600. The molecule has 7 nitrogen and oxygen atoms in total. The highest BCUT2D eigenvalue weighted by atomic mass is 16.5. The maximum atomic E-state index is 5.32. The number of anilines is 1. The number of hydrogen-bond donors (Lipinski definition) is 0. The average Bonchev–Trinajstić information content (AvgIpc) is 2.97. The first-order valence-corrected chi connectivity index (χ1v) is 7.70. The first-order valence-electron chi connectivity index (χ1n) is 7.70. The zero-order valence-electron chi connectivity index (χ0n) is 13.4. The Morgan fingerprint density at radius 2 is 1.95 bits per heavy atom. The van der Waals surface area contributed by atoms with Gasteiger partial charge in [0.15, 0.2) is 5.82 Å². The maximum absolute atomic E-state index is 5.32. The summed E-state index contributed by atoms with van der Waals surface area (Å²) in [6, 6.07) is 2.03. The van der Waals surface area contributed by atoms with E-state index in [9.17, 15) is 0 Å². The molecule has 1 aliphatic rings. The van der Waals surface area contributed by atoms with E-state index in [-0.39, 0.29) is 0 Å². The second-order valence-electron chi connectivity index (χ2n) is 5.98. The molecular formula is C15H22N6O. The van der Waals surface area contributed by atoms with Crippen molar-refractivity contribution in [2.75, 3.05) is 31.1 Å². The second kappa shape index (κ2) is 6.39. The van der Waals surface area contributed by atoms with E-state index >= 15 is 0 Å². The number of aryl methyl sites for hydroxylation is 1. The third-order valence-corrected chi connectivity index (χ3v) is 3.84. The molecule has 1 saturated heterocycles. The fourth-order valence-electron chi connectivity index (χ4n) is 2.51. The molecule has 0 N–H and O–H groups in total. The zero-order chi connectivity index (χ0) is 15.5. The van der Waals surface area contributed by atoms with Crippen molar-refractivity contribution in [3.05, 3.63) is 29.8 Å². The van der Waals surface area contributed by atoms with Gasteiger partial charge in [0.2, 0.25) is 5.89 Å². The second-order valence-corrected chi connectivity index (χ2v) is 5.98. The Morgan fingerprint density at radius 3 is 2.59 bits per heavy atom. The zero-order valence-corrected chi connectivity index (χ0v) is 13.4. The van der Waals surface area contributed by atoms with Crippen molar-refractivity contribution in [2.24, 2.45) is 0 Å². The largest absolute Gasteiger partial charge is 0.354 e. The van der Waals surface area contributed by atoms with Crippen LogP contribution in [0.25, 0.3) is 0 Å². The van der Waals surface area contributed by atoms with E-state index in [0.29, 0.717) is 11.8 Å². The van der Waals surface area contributed by atoms with Crippen LogP contribution in [0.3, 0.4) is 0 Å². The quantitative estimate of drug-likeness (QED) is 0.849. The summed E-state index contributed by atoms with van der Waals surface area (Å²) >= 11 is 0. The minimum absolute atomic E-state index is 0.301. The normalized spacial score (nSPS) is 16.5. The topological polar surface area (TPSA) is 71.2 Å². The molecule has 0 amide bonds. The van der Waals surface area contributed by atoms with Gasteiger partial charge in [-0.2, -0.15) is 4.98 Å². The molecule has 2 aromatic rings. The van der Waals surface area contributed by atoms with Gasteiger partial charge in [-0.25, -0.2) is 9.97 Å². The van der Waals surface area contributed by atoms with Gasteiger partial charge in [0.05, 0.1) is 6.54 Å². The number of piperazine rings is 1. The Hall–Kier alpha value is -2.02. The van der Waals surface area contributed by atoms with Crippen molar-refractivity contribution in [1.29, 1.82) is 0 Å². The van der Waals surface area contributed by atoms with Crippen LogP contribution >= 0.6 is 0 Å². The predicted molar refractivity (Wildman–Crippen MR) is 82.6 cm³/mol. The Kier molecular flexibility index (Phi) is 4.33. The first-order chi connectivity index (χ1) is 10.6. The van der Waals surface area contributed by atoms with Crippen molar-refractivity contribution >= 4 is 5.82 Å². The minimum atomic E-state index is 0.301. The SMILES string of the molecule is Cc1cc(N2CCN(Cc3nc(C(C)C)no3)CC2)ncn1. The lowest BCUT2D eigenvalue weighted by atomic mass is 10.2. The van der Waals surface area contributed by atoms with Gasteiger partial charge in [-0.05, 0) is 6.92 Å². The number of hydrogen-bond acceptors (Lipinski definition) is 7. The molecule has 2 aromatic heterocycles. The van der Waals surface area contributed by atoms with Gasteiger partial charge in [-0.1, -0.05) is 19.0 Å². The molecule has 0 radical (unpaired) electrons. The Morgan fingerprint density at radius 1 is 1.18 bits per heavy atom. The maximum Gasteiger partial charge on any atom is 0.240 e. The molecule has 1 aliphatic heterocycles. The Bertz CT molecular complexity index is 618. The van der Waals surface area contributed by atoms with Crippen molar-refractivity contribution in [3.63, 3.8) is 0 Å².